The molecule has 1 N–H and O–H groups in total. The van der Waals surface area contributed by atoms with Gasteiger partial charge in [-0.05, 0) is 25.5 Å². The standard InChI is InChI=1S/C13H19F2NO3/c1-9(6-7-17-2)16-11-8-10(18-3)4-5-12(11)19-13(14)15/h4-5,8-9,13,16H,6-7H2,1-3H3. The van der Waals surface area contributed by atoms with Gasteiger partial charge in [0.2, 0.25) is 0 Å². The number of hydrogen-bond donors (Lipinski definition) is 1. The third-order valence-electron chi connectivity index (χ3n) is 2.56. The second kappa shape index (κ2) is 7.78. The van der Waals surface area contributed by atoms with Crippen molar-refractivity contribution < 1.29 is 23.0 Å². The Morgan fingerprint density at radius 1 is 1.26 bits per heavy atom. The number of rotatable bonds is 8. The fourth-order valence-corrected chi connectivity index (χ4v) is 1.58. The van der Waals surface area contributed by atoms with Crippen molar-refractivity contribution in [3.63, 3.8) is 0 Å². The van der Waals surface area contributed by atoms with Crippen LogP contribution in [0.1, 0.15) is 13.3 Å². The van der Waals surface area contributed by atoms with Crippen molar-refractivity contribution in [2.45, 2.75) is 26.0 Å². The quantitative estimate of drug-likeness (QED) is 0.791. The zero-order chi connectivity index (χ0) is 14.3. The molecule has 0 aromatic heterocycles. The number of nitrogens with one attached hydrogen (secondary N) is 1. The van der Waals surface area contributed by atoms with E-state index in [1.165, 1.54) is 13.2 Å². The van der Waals surface area contributed by atoms with E-state index in [0.717, 1.165) is 6.42 Å². The van der Waals surface area contributed by atoms with Gasteiger partial charge in [-0.2, -0.15) is 8.78 Å². The fraction of sp³-hybridized carbons (Fsp3) is 0.538. The lowest BCUT2D eigenvalue weighted by atomic mass is 10.2. The summed E-state index contributed by atoms with van der Waals surface area (Å²) in [7, 11) is 3.13. The number of hydrogen-bond acceptors (Lipinski definition) is 4. The number of alkyl halides is 2. The topological polar surface area (TPSA) is 39.7 Å². The summed E-state index contributed by atoms with van der Waals surface area (Å²) in [6.07, 6.45) is 0.752. The average molecular weight is 275 g/mol. The summed E-state index contributed by atoms with van der Waals surface area (Å²) < 4.78 is 39.2. The molecule has 0 amide bonds. The number of anilines is 1. The molecule has 0 fully saturated rings. The predicted molar refractivity (Wildman–Crippen MR) is 69.2 cm³/mol. The SMILES string of the molecule is COCCC(C)Nc1cc(OC)ccc1OC(F)F. The van der Waals surface area contributed by atoms with Crippen LogP contribution in [0.4, 0.5) is 14.5 Å². The minimum atomic E-state index is -2.86. The third kappa shape index (κ3) is 5.30. The molecular formula is C13H19F2NO3. The van der Waals surface area contributed by atoms with Crippen LogP contribution in [0, 0.1) is 0 Å². The van der Waals surface area contributed by atoms with Crippen LogP contribution in [0.25, 0.3) is 0 Å². The highest BCUT2D eigenvalue weighted by Crippen LogP contribution is 2.31. The molecule has 6 heteroatoms. The maximum atomic E-state index is 12.3. The number of ether oxygens (including phenoxy) is 3. The van der Waals surface area contributed by atoms with Gasteiger partial charge in [0.25, 0.3) is 0 Å². The molecule has 0 aliphatic rings. The summed E-state index contributed by atoms with van der Waals surface area (Å²) in [5, 5.41) is 3.11. The van der Waals surface area contributed by atoms with Crippen molar-refractivity contribution in [3.8, 4) is 11.5 Å². The van der Waals surface area contributed by atoms with Crippen LogP contribution >= 0.6 is 0 Å². The van der Waals surface area contributed by atoms with Gasteiger partial charge in [0, 0.05) is 25.8 Å². The minimum absolute atomic E-state index is 0.0621. The van der Waals surface area contributed by atoms with Gasteiger partial charge in [-0.15, -0.1) is 0 Å². The van der Waals surface area contributed by atoms with Crippen LogP contribution in [0.5, 0.6) is 11.5 Å². The molecule has 0 aliphatic heterocycles. The molecule has 0 saturated heterocycles. The molecular weight excluding hydrogens is 256 g/mol. The predicted octanol–water partition coefficient (Wildman–Crippen LogP) is 3.13. The monoisotopic (exact) mass is 275 g/mol. The van der Waals surface area contributed by atoms with Crippen LogP contribution in [0.15, 0.2) is 18.2 Å². The van der Waals surface area contributed by atoms with Crippen molar-refractivity contribution >= 4 is 5.69 Å². The van der Waals surface area contributed by atoms with Crippen molar-refractivity contribution in [1.82, 2.24) is 0 Å². The van der Waals surface area contributed by atoms with Gasteiger partial charge in [-0.3, -0.25) is 0 Å². The largest absolute Gasteiger partial charge is 0.497 e. The molecule has 0 aliphatic carbocycles. The second-order valence-electron chi connectivity index (χ2n) is 4.07. The lowest BCUT2D eigenvalue weighted by molar-refractivity contribution is -0.0494. The van der Waals surface area contributed by atoms with Gasteiger partial charge < -0.3 is 19.5 Å². The summed E-state index contributed by atoms with van der Waals surface area (Å²) in [6, 6.07) is 4.71. The van der Waals surface area contributed by atoms with Crippen LogP contribution in [-0.4, -0.2) is 33.5 Å². The summed E-state index contributed by atoms with van der Waals surface area (Å²) in [5.74, 6) is 0.670. The Hall–Kier alpha value is -1.56. The normalized spacial score (nSPS) is 12.3. The molecule has 1 aromatic carbocycles. The second-order valence-corrected chi connectivity index (χ2v) is 4.07. The highest BCUT2D eigenvalue weighted by molar-refractivity contribution is 5.60. The van der Waals surface area contributed by atoms with E-state index in [0.29, 0.717) is 18.0 Å². The zero-order valence-electron chi connectivity index (χ0n) is 11.3. The van der Waals surface area contributed by atoms with Crippen LogP contribution < -0.4 is 14.8 Å². The molecule has 19 heavy (non-hydrogen) atoms. The Balaban J connectivity index is 2.81. The molecule has 0 radical (unpaired) electrons. The summed E-state index contributed by atoms with van der Waals surface area (Å²) in [6.45, 7) is -0.336. The van der Waals surface area contributed by atoms with Crippen LogP contribution in [0.3, 0.4) is 0 Å². The van der Waals surface area contributed by atoms with Gasteiger partial charge in [0.15, 0.2) is 0 Å². The molecule has 1 atom stereocenters. The molecule has 4 nitrogen and oxygen atoms in total. The molecule has 1 rings (SSSR count). The highest BCUT2D eigenvalue weighted by Gasteiger charge is 2.12. The summed E-state index contributed by atoms with van der Waals surface area (Å²) in [4.78, 5) is 0. The molecule has 0 spiro atoms. The van der Waals surface area contributed by atoms with E-state index < -0.39 is 6.61 Å². The molecule has 0 bridgehead atoms. The Labute approximate surface area is 111 Å². The Bertz CT molecular complexity index is 388. The molecule has 1 aromatic rings. The van der Waals surface area contributed by atoms with E-state index in [-0.39, 0.29) is 11.8 Å². The van der Waals surface area contributed by atoms with Crippen molar-refractivity contribution in [2.75, 3.05) is 26.1 Å². The fourth-order valence-electron chi connectivity index (χ4n) is 1.58. The van der Waals surface area contributed by atoms with E-state index in [2.05, 4.69) is 10.1 Å². The maximum Gasteiger partial charge on any atom is 0.387 e. The maximum absolute atomic E-state index is 12.3. The van der Waals surface area contributed by atoms with E-state index in [1.807, 2.05) is 6.92 Å². The lowest BCUT2D eigenvalue weighted by Gasteiger charge is -2.18. The first kappa shape index (κ1) is 15.5. The first-order chi connectivity index (χ1) is 9.06. The van der Waals surface area contributed by atoms with E-state index in [1.54, 1.807) is 19.2 Å². The van der Waals surface area contributed by atoms with E-state index in [9.17, 15) is 8.78 Å². The van der Waals surface area contributed by atoms with Gasteiger partial charge in [-0.1, -0.05) is 0 Å². The Morgan fingerprint density at radius 3 is 2.58 bits per heavy atom. The Kier molecular flexibility index (Phi) is 6.35. The minimum Gasteiger partial charge on any atom is -0.497 e. The molecule has 108 valence electrons. The summed E-state index contributed by atoms with van der Waals surface area (Å²) in [5.41, 5.74) is 0.475. The Morgan fingerprint density at radius 2 is 2.00 bits per heavy atom. The van der Waals surface area contributed by atoms with Crippen molar-refractivity contribution in [3.05, 3.63) is 18.2 Å². The number of methoxy groups -OCH3 is 2. The van der Waals surface area contributed by atoms with Gasteiger partial charge >= 0.3 is 6.61 Å². The summed E-state index contributed by atoms with van der Waals surface area (Å²) >= 11 is 0. The average Bonchev–Trinajstić information content (AvgIpc) is 2.37. The molecule has 0 heterocycles. The lowest BCUT2D eigenvalue weighted by Crippen LogP contribution is -2.18. The highest BCUT2D eigenvalue weighted by atomic mass is 19.3. The van der Waals surface area contributed by atoms with Crippen molar-refractivity contribution in [1.29, 1.82) is 0 Å². The van der Waals surface area contributed by atoms with Crippen LogP contribution in [0.2, 0.25) is 0 Å². The number of benzene rings is 1. The van der Waals surface area contributed by atoms with Crippen LogP contribution in [-0.2, 0) is 4.74 Å². The van der Waals surface area contributed by atoms with E-state index in [4.69, 9.17) is 9.47 Å². The number of halogens is 2. The first-order valence-corrected chi connectivity index (χ1v) is 5.95. The van der Waals surface area contributed by atoms with Gasteiger partial charge in [0.1, 0.15) is 11.5 Å². The molecule has 0 saturated carbocycles. The zero-order valence-corrected chi connectivity index (χ0v) is 11.3. The van der Waals surface area contributed by atoms with Gasteiger partial charge in [0.05, 0.1) is 12.8 Å². The van der Waals surface area contributed by atoms with Crippen molar-refractivity contribution in [2.24, 2.45) is 0 Å². The van der Waals surface area contributed by atoms with Gasteiger partial charge in [-0.25, -0.2) is 0 Å². The molecule has 1 unspecified atom stereocenters. The smallest absolute Gasteiger partial charge is 0.387 e. The first-order valence-electron chi connectivity index (χ1n) is 5.95. The third-order valence-corrected chi connectivity index (χ3v) is 2.56. The van der Waals surface area contributed by atoms with E-state index >= 15 is 0 Å².